The van der Waals surface area contributed by atoms with E-state index in [4.69, 9.17) is 18.9 Å². The number of hydrogen-bond acceptors (Lipinski definition) is 9. The summed E-state index contributed by atoms with van der Waals surface area (Å²) >= 11 is 0. The summed E-state index contributed by atoms with van der Waals surface area (Å²) < 4.78 is 49.4. The Hall–Kier alpha value is -3.22. The van der Waals surface area contributed by atoms with E-state index < -0.39 is 20.9 Å². The molecule has 12 heteroatoms. The van der Waals surface area contributed by atoms with Gasteiger partial charge >= 0.3 is 5.97 Å². The molecular formula is C23H26N2O9S. The minimum Gasteiger partial charge on any atom is -0.495 e. The molecule has 2 aromatic carbocycles. The van der Waals surface area contributed by atoms with Crippen LogP contribution in [0.3, 0.4) is 0 Å². The largest absolute Gasteiger partial charge is 0.495 e. The predicted octanol–water partition coefficient (Wildman–Crippen LogP) is 3.39. The van der Waals surface area contributed by atoms with Gasteiger partial charge in [0.15, 0.2) is 6.79 Å². The van der Waals surface area contributed by atoms with Gasteiger partial charge < -0.3 is 18.9 Å². The van der Waals surface area contributed by atoms with Crippen LogP contribution in [0.2, 0.25) is 0 Å². The van der Waals surface area contributed by atoms with Crippen molar-refractivity contribution in [1.29, 1.82) is 0 Å². The van der Waals surface area contributed by atoms with Gasteiger partial charge in [-0.15, -0.1) is 0 Å². The topological polar surface area (TPSA) is 135 Å². The first-order valence-corrected chi connectivity index (χ1v) is 12.6. The molecule has 188 valence electrons. The summed E-state index contributed by atoms with van der Waals surface area (Å²) in [6.45, 7) is 0.614. The highest BCUT2D eigenvalue weighted by Gasteiger charge is 2.30. The number of sulfonamides is 1. The third-order valence-electron chi connectivity index (χ3n) is 5.92. The van der Waals surface area contributed by atoms with Crippen LogP contribution in [0.25, 0.3) is 0 Å². The number of ether oxygens (including phenoxy) is 4. The average Bonchev–Trinajstić information content (AvgIpc) is 3.17. The summed E-state index contributed by atoms with van der Waals surface area (Å²) in [6.07, 6.45) is 3.47. The van der Waals surface area contributed by atoms with Crippen molar-refractivity contribution in [2.24, 2.45) is 0 Å². The second-order valence-electron chi connectivity index (χ2n) is 8.22. The molecule has 0 bridgehead atoms. The van der Waals surface area contributed by atoms with Gasteiger partial charge in [0, 0.05) is 36.3 Å². The number of fused-ring (bicyclic) bond motifs is 1. The van der Waals surface area contributed by atoms with Crippen LogP contribution in [-0.2, 0) is 32.7 Å². The molecule has 0 amide bonds. The molecule has 2 aliphatic rings. The second-order valence-corrected chi connectivity index (χ2v) is 10.1. The van der Waals surface area contributed by atoms with Crippen LogP contribution in [0.1, 0.15) is 47.2 Å². The van der Waals surface area contributed by atoms with Gasteiger partial charge in [-0.1, -0.05) is 12.8 Å². The van der Waals surface area contributed by atoms with E-state index in [1.807, 2.05) is 0 Å². The number of nitro groups is 1. The number of non-ortho nitro benzene ring substituents is 1. The fourth-order valence-electron chi connectivity index (χ4n) is 4.15. The molecular weight excluding hydrogens is 480 g/mol. The van der Waals surface area contributed by atoms with Crippen molar-refractivity contribution in [2.75, 3.05) is 27.0 Å². The van der Waals surface area contributed by atoms with E-state index in [1.165, 1.54) is 41.7 Å². The third kappa shape index (κ3) is 5.39. The molecule has 0 unspecified atom stereocenters. The Morgan fingerprint density at radius 2 is 1.89 bits per heavy atom. The summed E-state index contributed by atoms with van der Waals surface area (Å²) in [4.78, 5) is 23.5. The van der Waals surface area contributed by atoms with Crippen molar-refractivity contribution in [3.05, 3.63) is 57.1 Å². The zero-order valence-corrected chi connectivity index (χ0v) is 20.0. The van der Waals surface area contributed by atoms with E-state index in [0.717, 1.165) is 25.7 Å². The first kappa shape index (κ1) is 24.9. The van der Waals surface area contributed by atoms with E-state index in [0.29, 0.717) is 30.0 Å². The number of nitro benzene ring substituents is 1. The lowest BCUT2D eigenvalue weighted by atomic mass is 10.1. The first-order chi connectivity index (χ1) is 16.8. The van der Waals surface area contributed by atoms with Crippen LogP contribution < -0.4 is 9.47 Å². The minimum atomic E-state index is -3.89. The predicted molar refractivity (Wildman–Crippen MR) is 123 cm³/mol. The van der Waals surface area contributed by atoms with Gasteiger partial charge in [-0.25, -0.2) is 13.2 Å². The van der Waals surface area contributed by atoms with E-state index in [9.17, 15) is 23.3 Å². The van der Waals surface area contributed by atoms with Crippen LogP contribution in [0.15, 0.2) is 35.2 Å². The van der Waals surface area contributed by atoms with Crippen LogP contribution in [0.5, 0.6) is 11.5 Å². The molecule has 1 saturated heterocycles. The van der Waals surface area contributed by atoms with E-state index in [2.05, 4.69) is 0 Å². The lowest BCUT2D eigenvalue weighted by molar-refractivity contribution is -0.385. The maximum Gasteiger partial charge on any atom is 0.338 e. The zero-order valence-electron chi connectivity index (χ0n) is 19.2. The molecule has 2 aromatic rings. The fraction of sp³-hybridized carbons (Fsp3) is 0.435. The first-order valence-electron chi connectivity index (χ1n) is 11.2. The molecule has 0 N–H and O–H groups in total. The van der Waals surface area contributed by atoms with Gasteiger partial charge in [-0.2, -0.15) is 4.31 Å². The normalized spacial score (nSPS) is 16.5. The van der Waals surface area contributed by atoms with Crippen LogP contribution in [0, 0.1) is 10.1 Å². The minimum absolute atomic E-state index is 0.0164. The molecule has 0 aliphatic carbocycles. The number of hydrogen-bond donors (Lipinski definition) is 0. The molecule has 0 aromatic heterocycles. The van der Waals surface area contributed by atoms with Gasteiger partial charge in [-0.3, -0.25) is 10.1 Å². The Balaban J connectivity index is 1.58. The number of rotatable bonds is 7. The lowest BCUT2D eigenvalue weighted by Gasteiger charge is -2.22. The molecule has 4 rings (SSSR count). The highest BCUT2D eigenvalue weighted by Crippen LogP contribution is 2.34. The van der Waals surface area contributed by atoms with Crippen LogP contribution in [-0.4, -0.2) is 50.6 Å². The summed E-state index contributed by atoms with van der Waals surface area (Å²) in [5, 5.41) is 11.3. The zero-order chi connectivity index (χ0) is 25.0. The highest BCUT2D eigenvalue weighted by atomic mass is 32.2. The second kappa shape index (κ2) is 10.6. The molecule has 35 heavy (non-hydrogen) atoms. The summed E-state index contributed by atoms with van der Waals surface area (Å²) in [7, 11) is -2.52. The smallest absolute Gasteiger partial charge is 0.338 e. The summed E-state index contributed by atoms with van der Waals surface area (Å²) in [5.41, 5.74) is 0.630. The number of carbonyl (C=O) groups is 1. The Bertz CT molecular complexity index is 1220. The van der Waals surface area contributed by atoms with Gasteiger partial charge in [0.1, 0.15) is 23.0 Å². The molecule has 2 heterocycles. The molecule has 0 spiro atoms. The highest BCUT2D eigenvalue weighted by molar-refractivity contribution is 7.89. The SMILES string of the molecule is COc1ccc(C(=O)OCc2cc([N+](=O)[O-])cc3c2OCOC3)cc1S(=O)(=O)N1CCCCCC1. The van der Waals surface area contributed by atoms with Crippen LogP contribution >= 0.6 is 0 Å². The van der Waals surface area contributed by atoms with Gasteiger partial charge in [-0.05, 0) is 31.0 Å². The Morgan fingerprint density at radius 1 is 1.14 bits per heavy atom. The molecule has 1 fully saturated rings. The van der Waals surface area contributed by atoms with E-state index >= 15 is 0 Å². The maximum atomic E-state index is 13.3. The lowest BCUT2D eigenvalue weighted by Crippen LogP contribution is -2.32. The number of benzene rings is 2. The van der Waals surface area contributed by atoms with Crippen molar-refractivity contribution < 1.29 is 37.1 Å². The van der Waals surface area contributed by atoms with Crippen molar-refractivity contribution in [2.45, 2.75) is 43.8 Å². The molecule has 2 aliphatic heterocycles. The molecule has 0 saturated carbocycles. The van der Waals surface area contributed by atoms with Crippen LogP contribution in [0.4, 0.5) is 5.69 Å². The third-order valence-corrected chi connectivity index (χ3v) is 7.84. The quantitative estimate of drug-likeness (QED) is 0.314. The van der Waals surface area contributed by atoms with Gasteiger partial charge in [0.25, 0.3) is 5.69 Å². The number of nitrogens with zero attached hydrogens (tertiary/aromatic N) is 2. The molecule has 11 nitrogen and oxygen atoms in total. The van der Waals surface area contributed by atoms with Gasteiger partial charge in [0.2, 0.25) is 10.0 Å². The van der Waals surface area contributed by atoms with E-state index in [-0.39, 0.29) is 41.9 Å². The number of esters is 1. The number of carbonyl (C=O) groups excluding carboxylic acids is 1. The number of methoxy groups -OCH3 is 1. The standard InChI is InChI=1S/C23H26N2O9S/c1-31-20-7-6-16(12-21(20)35(29,30)24-8-4-2-3-5-9-24)23(26)33-14-18-11-19(25(27)28)10-17-13-32-15-34-22(17)18/h6-7,10-12H,2-5,8-9,13-15H2,1H3. The van der Waals surface area contributed by atoms with Crippen molar-refractivity contribution >= 4 is 21.7 Å². The Labute approximate surface area is 202 Å². The maximum absolute atomic E-state index is 13.3. The van der Waals surface area contributed by atoms with Crippen molar-refractivity contribution in [3.63, 3.8) is 0 Å². The van der Waals surface area contributed by atoms with Crippen molar-refractivity contribution in [3.8, 4) is 11.5 Å². The Kier molecular flexibility index (Phi) is 7.53. The van der Waals surface area contributed by atoms with Crippen molar-refractivity contribution in [1.82, 2.24) is 4.31 Å². The van der Waals surface area contributed by atoms with Gasteiger partial charge in [0.05, 0.1) is 24.2 Å². The fourth-order valence-corrected chi connectivity index (χ4v) is 5.85. The van der Waals surface area contributed by atoms with E-state index in [1.54, 1.807) is 0 Å². The Morgan fingerprint density at radius 3 is 2.57 bits per heavy atom. The monoisotopic (exact) mass is 506 g/mol. The average molecular weight is 507 g/mol. The summed E-state index contributed by atoms with van der Waals surface area (Å²) in [6, 6.07) is 6.70. The molecule has 0 radical (unpaired) electrons. The summed E-state index contributed by atoms with van der Waals surface area (Å²) in [5.74, 6) is -0.284. The molecule has 0 atom stereocenters.